The van der Waals surface area contributed by atoms with Crippen LogP contribution in [0.4, 0.5) is 5.69 Å². The highest BCUT2D eigenvalue weighted by atomic mass is 15.3. The van der Waals surface area contributed by atoms with E-state index in [1.165, 1.54) is 25.9 Å². The normalized spacial score (nSPS) is 18.2. The Balaban J connectivity index is 1.78. The summed E-state index contributed by atoms with van der Waals surface area (Å²) in [6.45, 7) is 4.55. The number of hydrogen-bond donors (Lipinski definition) is 1. The summed E-state index contributed by atoms with van der Waals surface area (Å²) in [7, 11) is 0. The lowest BCUT2D eigenvalue weighted by molar-refractivity contribution is 0.316. The summed E-state index contributed by atoms with van der Waals surface area (Å²) in [6, 6.07) is 0. The van der Waals surface area contributed by atoms with Crippen LogP contribution in [0.5, 0.6) is 0 Å². The Morgan fingerprint density at radius 3 is 2.69 bits per heavy atom. The van der Waals surface area contributed by atoms with Gasteiger partial charge in [0.15, 0.2) is 0 Å². The molecule has 1 saturated heterocycles. The van der Waals surface area contributed by atoms with E-state index in [-0.39, 0.29) is 0 Å². The molecule has 1 aromatic rings. The van der Waals surface area contributed by atoms with E-state index in [1.54, 1.807) is 6.20 Å². The molecular formula is C9H16N4. The van der Waals surface area contributed by atoms with Crippen LogP contribution in [-0.2, 0) is 6.54 Å². The Morgan fingerprint density at radius 2 is 2.08 bits per heavy atom. The quantitative estimate of drug-likeness (QED) is 0.739. The van der Waals surface area contributed by atoms with Gasteiger partial charge in [0.2, 0.25) is 0 Å². The highest BCUT2D eigenvalue weighted by Gasteiger charge is 2.10. The van der Waals surface area contributed by atoms with E-state index in [0.717, 1.165) is 18.8 Å². The smallest absolute Gasteiger partial charge is 0.0719 e. The topological polar surface area (TPSA) is 47.1 Å². The minimum atomic E-state index is 0.751. The van der Waals surface area contributed by atoms with Crippen LogP contribution in [0, 0.1) is 0 Å². The van der Waals surface area contributed by atoms with Crippen LogP contribution < -0.4 is 5.73 Å². The highest BCUT2D eigenvalue weighted by molar-refractivity contribution is 5.30. The molecule has 1 aliphatic rings. The Kier molecular flexibility index (Phi) is 2.49. The third kappa shape index (κ3) is 2.21. The molecule has 13 heavy (non-hydrogen) atoms. The van der Waals surface area contributed by atoms with Gasteiger partial charge in [-0.05, 0) is 25.9 Å². The number of nitrogens with two attached hydrogens (primary N) is 1. The van der Waals surface area contributed by atoms with Gasteiger partial charge in [0, 0.05) is 12.7 Å². The lowest BCUT2D eigenvalue weighted by Crippen LogP contribution is -2.24. The fourth-order valence-electron chi connectivity index (χ4n) is 1.75. The van der Waals surface area contributed by atoms with Gasteiger partial charge in [0.05, 0.1) is 18.4 Å². The number of rotatable bonds is 3. The maximum atomic E-state index is 5.57. The van der Waals surface area contributed by atoms with Crippen LogP contribution >= 0.6 is 0 Å². The van der Waals surface area contributed by atoms with Gasteiger partial charge in [0.25, 0.3) is 0 Å². The molecule has 0 amide bonds. The number of aromatic nitrogens is 2. The molecule has 0 aliphatic carbocycles. The van der Waals surface area contributed by atoms with E-state index < -0.39 is 0 Å². The third-order valence-corrected chi connectivity index (χ3v) is 2.50. The van der Waals surface area contributed by atoms with E-state index in [1.807, 2.05) is 10.9 Å². The summed E-state index contributed by atoms with van der Waals surface area (Å²) in [5.41, 5.74) is 6.32. The lowest BCUT2D eigenvalue weighted by Gasteiger charge is -2.13. The average molecular weight is 180 g/mol. The summed E-state index contributed by atoms with van der Waals surface area (Å²) in [5, 5.41) is 4.14. The molecule has 1 aliphatic heterocycles. The minimum Gasteiger partial charge on any atom is -0.396 e. The van der Waals surface area contributed by atoms with Crippen molar-refractivity contribution in [3.63, 3.8) is 0 Å². The lowest BCUT2D eigenvalue weighted by atomic mass is 10.4. The van der Waals surface area contributed by atoms with Gasteiger partial charge in [-0.1, -0.05) is 0 Å². The van der Waals surface area contributed by atoms with Crippen molar-refractivity contribution in [1.82, 2.24) is 14.7 Å². The van der Waals surface area contributed by atoms with E-state index in [4.69, 9.17) is 5.73 Å². The predicted molar refractivity (Wildman–Crippen MR) is 52.3 cm³/mol. The van der Waals surface area contributed by atoms with Crippen molar-refractivity contribution in [2.24, 2.45) is 0 Å². The molecule has 2 N–H and O–H groups in total. The van der Waals surface area contributed by atoms with Crippen molar-refractivity contribution < 1.29 is 0 Å². The number of anilines is 1. The number of hydrogen-bond acceptors (Lipinski definition) is 3. The Bertz CT molecular complexity index is 262. The van der Waals surface area contributed by atoms with E-state index in [0.29, 0.717) is 0 Å². The summed E-state index contributed by atoms with van der Waals surface area (Å²) < 4.78 is 1.91. The Labute approximate surface area is 78.3 Å². The van der Waals surface area contributed by atoms with Gasteiger partial charge >= 0.3 is 0 Å². The molecule has 0 unspecified atom stereocenters. The molecule has 2 rings (SSSR count). The molecule has 0 bridgehead atoms. The molecule has 4 nitrogen and oxygen atoms in total. The first-order chi connectivity index (χ1) is 6.34. The van der Waals surface area contributed by atoms with Crippen molar-refractivity contribution in [3.8, 4) is 0 Å². The van der Waals surface area contributed by atoms with Gasteiger partial charge in [-0.15, -0.1) is 0 Å². The maximum Gasteiger partial charge on any atom is 0.0719 e. The van der Waals surface area contributed by atoms with Crippen LogP contribution in [0.15, 0.2) is 12.4 Å². The molecule has 1 aromatic heterocycles. The standard InChI is InChI=1S/C9H16N4/c10-9-7-11-13(8-9)6-5-12-3-1-2-4-12/h7-8H,1-6,10H2. The largest absolute Gasteiger partial charge is 0.396 e. The van der Waals surface area contributed by atoms with Crippen LogP contribution in [0.2, 0.25) is 0 Å². The van der Waals surface area contributed by atoms with E-state index in [2.05, 4.69) is 10.00 Å². The third-order valence-electron chi connectivity index (χ3n) is 2.50. The second-order valence-electron chi connectivity index (χ2n) is 3.59. The first kappa shape index (κ1) is 8.56. The minimum absolute atomic E-state index is 0.751. The molecular weight excluding hydrogens is 164 g/mol. The fraction of sp³-hybridized carbons (Fsp3) is 0.667. The Morgan fingerprint density at radius 1 is 1.31 bits per heavy atom. The summed E-state index contributed by atoms with van der Waals surface area (Å²) in [4.78, 5) is 2.47. The number of nitrogens with zero attached hydrogens (tertiary/aromatic N) is 3. The molecule has 72 valence electrons. The first-order valence-electron chi connectivity index (χ1n) is 4.85. The van der Waals surface area contributed by atoms with Crippen molar-refractivity contribution in [2.45, 2.75) is 19.4 Å². The molecule has 2 heterocycles. The molecule has 1 fully saturated rings. The zero-order chi connectivity index (χ0) is 9.10. The van der Waals surface area contributed by atoms with Crippen LogP contribution in [0.25, 0.3) is 0 Å². The zero-order valence-corrected chi connectivity index (χ0v) is 7.82. The molecule has 4 heteroatoms. The predicted octanol–water partition coefficient (Wildman–Crippen LogP) is 0.561. The molecule has 0 radical (unpaired) electrons. The van der Waals surface area contributed by atoms with Crippen LogP contribution in [0.1, 0.15) is 12.8 Å². The van der Waals surface area contributed by atoms with Gasteiger partial charge in [0.1, 0.15) is 0 Å². The van der Waals surface area contributed by atoms with Crippen LogP contribution in [0.3, 0.4) is 0 Å². The second-order valence-corrected chi connectivity index (χ2v) is 3.59. The van der Waals surface area contributed by atoms with Crippen molar-refractivity contribution >= 4 is 5.69 Å². The Hall–Kier alpha value is -1.03. The molecule has 0 aromatic carbocycles. The fourth-order valence-corrected chi connectivity index (χ4v) is 1.75. The summed E-state index contributed by atoms with van der Waals surface area (Å²) in [6.07, 6.45) is 6.28. The number of nitrogen functional groups attached to an aromatic ring is 1. The zero-order valence-electron chi connectivity index (χ0n) is 7.82. The van der Waals surface area contributed by atoms with E-state index in [9.17, 15) is 0 Å². The second kappa shape index (κ2) is 3.79. The van der Waals surface area contributed by atoms with Crippen molar-refractivity contribution in [2.75, 3.05) is 25.4 Å². The monoisotopic (exact) mass is 180 g/mol. The molecule has 0 spiro atoms. The van der Waals surface area contributed by atoms with Crippen molar-refractivity contribution in [1.29, 1.82) is 0 Å². The van der Waals surface area contributed by atoms with E-state index >= 15 is 0 Å². The average Bonchev–Trinajstić information content (AvgIpc) is 2.71. The van der Waals surface area contributed by atoms with Gasteiger partial charge in [-0.25, -0.2) is 0 Å². The number of likely N-dealkylation sites (tertiary alicyclic amines) is 1. The molecule has 0 atom stereocenters. The first-order valence-corrected chi connectivity index (χ1v) is 4.85. The SMILES string of the molecule is Nc1cnn(CCN2CCCC2)c1. The van der Waals surface area contributed by atoms with Crippen LogP contribution in [-0.4, -0.2) is 34.3 Å². The summed E-state index contributed by atoms with van der Waals surface area (Å²) in [5.74, 6) is 0. The highest BCUT2D eigenvalue weighted by Crippen LogP contribution is 2.07. The van der Waals surface area contributed by atoms with Gasteiger partial charge in [-0.3, -0.25) is 4.68 Å². The van der Waals surface area contributed by atoms with Crippen molar-refractivity contribution in [3.05, 3.63) is 12.4 Å². The molecule has 0 saturated carbocycles. The summed E-state index contributed by atoms with van der Waals surface area (Å²) >= 11 is 0. The van der Waals surface area contributed by atoms with Gasteiger partial charge in [-0.2, -0.15) is 5.10 Å². The maximum absolute atomic E-state index is 5.57. The van der Waals surface area contributed by atoms with Gasteiger partial charge < -0.3 is 10.6 Å².